The summed E-state index contributed by atoms with van der Waals surface area (Å²) < 4.78 is 2.06. The van der Waals surface area contributed by atoms with Gasteiger partial charge in [-0.1, -0.05) is 17.7 Å². The van der Waals surface area contributed by atoms with E-state index in [0.717, 1.165) is 10.5 Å². The van der Waals surface area contributed by atoms with Gasteiger partial charge in [-0.05, 0) is 18.2 Å². The quantitative estimate of drug-likeness (QED) is 0.677. The van der Waals surface area contributed by atoms with E-state index in [4.69, 9.17) is 11.6 Å². The van der Waals surface area contributed by atoms with Crippen molar-refractivity contribution >= 4 is 22.5 Å². The molecular formula is C10H11ClN2. The minimum absolute atomic E-state index is 0.773. The highest BCUT2D eigenvalue weighted by atomic mass is 35.5. The molecule has 0 aliphatic heterocycles. The maximum atomic E-state index is 5.92. The van der Waals surface area contributed by atoms with Gasteiger partial charge in [-0.2, -0.15) is 0 Å². The standard InChI is InChI=1S/C10H11ClN2/c1-12(2)13-6-5-8-3-4-9(11)7-10(8)13/h3-7H,1-2H3. The SMILES string of the molecule is CN(C)n1ccc2ccc(Cl)cc21. The summed E-state index contributed by atoms with van der Waals surface area (Å²) in [5.41, 5.74) is 1.14. The summed E-state index contributed by atoms with van der Waals surface area (Å²) in [6, 6.07) is 7.98. The summed E-state index contributed by atoms with van der Waals surface area (Å²) in [4.78, 5) is 0. The molecule has 0 saturated heterocycles. The number of halogens is 1. The molecule has 0 atom stereocenters. The van der Waals surface area contributed by atoms with Crippen LogP contribution in [-0.2, 0) is 0 Å². The van der Waals surface area contributed by atoms with E-state index in [0.29, 0.717) is 0 Å². The summed E-state index contributed by atoms with van der Waals surface area (Å²) in [5.74, 6) is 0. The van der Waals surface area contributed by atoms with Gasteiger partial charge >= 0.3 is 0 Å². The van der Waals surface area contributed by atoms with E-state index in [1.807, 2.05) is 43.5 Å². The zero-order valence-corrected chi connectivity index (χ0v) is 8.42. The van der Waals surface area contributed by atoms with Crippen LogP contribution in [0, 0.1) is 0 Å². The molecule has 1 aromatic carbocycles. The first kappa shape index (κ1) is 8.45. The predicted molar refractivity (Wildman–Crippen MR) is 57.0 cm³/mol. The molecular weight excluding hydrogens is 184 g/mol. The third-order valence-electron chi connectivity index (χ3n) is 2.07. The predicted octanol–water partition coefficient (Wildman–Crippen LogP) is 2.49. The minimum Gasteiger partial charge on any atom is -0.319 e. The van der Waals surface area contributed by atoms with Gasteiger partial charge < -0.3 is 5.01 Å². The molecule has 1 aromatic heterocycles. The molecule has 1 heterocycles. The summed E-state index contributed by atoms with van der Waals surface area (Å²) >= 11 is 5.92. The monoisotopic (exact) mass is 194 g/mol. The molecule has 2 aromatic rings. The first-order valence-electron chi connectivity index (χ1n) is 4.13. The second-order valence-corrected chi connectivity index (χ2v) is 3.65. The Balaban J connectivity index is 2.71. The van der Waals surface area contributed by atoms with Crippen molar-refractivity contribution in [3.05, 3.63) is 35.5 Å². The lowest BCUT2D eigenvalue weighted by molar-refractivity contribution is 0.762. The zero-order chi connectivity index (χ0) is 9.42. The Kier molecular flexibility index (Phi) is 1.93. The Hall–Kier alpha value is -1.15. The molecule has 0 bridgehead atoms. The van der Waals surface area contributed by atoms with E-state index >= 15 is 0 Å². The number of hydrogen-bond acceptors (Lipinski definition) is 1. The van der Waals surface area contributed by atoms with Gasteiger partial charge in [0.1, 0.15) is 0 Å². The van der Waals surface area contributed by atoms with Crippen LogP contribution in [0.25, 0.3) is 10.9 Å². The fourth-order valence-corrected chi connectivity index (χ4v) is 1.60. The largest absolute Gasteiger partial charge is 0.319 e. The van der Waals surface area contributed by atoms with Gasteiger partial charge in [0.25, 0.3) is 0 Å². The summed E-state index contributed by atoms with van der Waals surface area (Å²) in [5, 5.41) is 3.99. The van der Waals surface area contributed by atoms with Gasteiger partial charge in [-0.3, -0.25) is 4.68 Å². The second-order valence-electron chi connectivity index (χ2n) is 3.21. The van der Waals surface area contributed by atoms with Crippen LogP contribution in [-0.4, -0.2) is 18.8 Å². The molecule has 0 aliphatic rings. The summed E-state index contributed by atoms with van der Waals surface area (Å²) in [6.07, 6.45) is 2.03. The molecule has 0 aliphatic carbocycles. The highest BCUT2D eigenvalue weighted by Gasteiger charge is 2.01. The van der Waals surface area contributed by atoms with Crippen LogP contribution in [0.5, 0.6) is 0 Å². The van der Waals surface area contributed by atoms with Gasteiger partial charge in [-0.15, -0.1) is 0 Å². The first-order valence-corrected chi connectivity index (χ1v) is 4.50. The van der Waals surface area contributed by atoms with Crippen LogP contribution in [0.2, 0.25) is 5.02 Å². The number of benzene rings is 1. The minimum atomic E-state index is 0.773. The van der Waals surface area contributed by atoms with E-state index in [-0.39, 0.29) is 0 Å². The Morgan fingerprint density at radius 3 is 2.69 bits per heavy atom. The number of hydrogen-bond donors (Lipinski definition) is 0. The van der Waals surface area contributed by atoms with Crippen molar-refractivity contribution in [2.24, 2.45) is 0 Å². The Morgan fingerprint density at radius 1 is 1.23 bits per heavy atom. The van der Waals surface area contributed by atoms with Crippen LogP contribution in [0.15, 0.2) is 30.5 Å². The summed E-state index contributed by atoms with van der Waals surface area (Å²) in [6.45, 7) is 0. The number of rotatable bonds is 1. The maximum Gasteiger partial charge on any atom is 0.0709 e. The lowest BCUT2D eigenvalue weighted by atomic mass is 10.2. The van der Waals surface area contributed by atoms with Crippen molar-refractivity contribution in [3.63, 3.8) is 0 Å². The number of fused-ring (bicyclic) bond motifs is 1. The van der Waals surface area contributed by atoms with Gasteiger partial charge in [0.15, 0.2) is 0 Å². The van der Waals surface area contributed by atoms with Crippen molar-refractivity contribution in [1.82, 2.24) is 4.68 Å². The van der Waals surface area contributed by atoms with Gasteiger partial charge in [0.05, 0.1) is 5.52 Å². The highest BCUT2D eigenvalue weighted by Crippen LogP contribution is 2.19. The molecule has 0 saturated carbocycles. The van der Waals surface area contributed by atoms with Gasteiger partial charge in [0.2, 0.25) is 0 Å². The molecule has 0 N–H and O–H groups in total. The van der Waals surface area contributed by atoms with Gasteiger partial charge in [-0.25, -0.2) is 0 Å². The molecule has 0 amide bonds. The van der Waals surface area contributed by atoms with Crippen LogP contribution in [0.3, 0.4) is 0 Å². The topological polar surface area (TPSA) is 8.17 Å². The lowest BCUT2D eigenvalue weighted by Gasteiger charge is -2.15. The summed E-state index contributed by atoms with van der Waals surface area (Å²) in [7, 11) is 4.00. The smallest absolute Gasteiger partial charge is 0.0709 e. The van der Waals surface area contributed by atoms with Crippen LogP contribution >= 0.6 is 11.6 Å². The van der Waals surface area contributed by atoms with Crippen molar-refractivity contribution in [2.75, 3.05) is 19.1 Å². The normalized spacial score (nSPS) is 10.7. The maximum absolute atomic E-state index is 5.92. The van der Waals surface area contributed by atoms with Crippen LogP contribution in [0.4, 0.5) is 0 Å². The molecule has 2 rings (SSSR count). The van der Waals surface area contributed by atoms with Gasteiger partial charge in [0, 0.05) is 30.7 Å². The third kappa shape index (κ3) is 1.38. The molecule has 0 spiro atoms. The molecule has 2 nitrogen and oxygen atoms in total. The number of nitrogens with zero attached hydrogens (tertiary/aromatic N) is 2. The number of aromatic nitrogens is 1. The Labute approximate surface area is 82.3 Å². The third-order valence-corrected chi connectivity index (χ3v) is 2.30. The molecule has 0 fully saturated rings. The Morgan fingerprint density at radius 2 is 2.00 bits per heavy atom. The Bertz CT molecular complexity index is 431. The lowest BCUT2D eigenvalue weighted by Crippen LogP contribution is -2.23. The van der Waals surface area contributed by atoms with E-state index in [9.17, 15) is 0 Å². The molecule has 0 radical (unpaired) electrons. The average Bonchev–Trinajstić information content (AvgIpc) is 2.46. The highest BCUT2D eigenvalue weighted by molar-refractivity contribution is 6.31. The van der Waals surface area contributed by atoms with Crippen LogP contribution < -0.4 is 5.01 Å². The van der Waals surface area contributed by atoms with Crippen molar-refractivity contribution in [2.45, 2.75) is 0 Å². The van der Waals surface area contributed by atoms with E-state index in [1.165, 1.54) is 5.39 Å². The zero-order valence-electron chi connectivity index (χ0n) is 7.66. The van der Waals surface area contributed by atoms with E-state index < -0.39 is 0 Å². The fourth-order valence-electron chi connectivity index (χ4n) is 1.44. The molecule has 0 unspecified atom stereocenters. The fraction of sp³-hybridized carbons (Fsp3) is 0.200. The second kappa shape index (κ2) is 2.96. The van der Waals surface area contributed by atoms with E-state index in [2.05, 4.69) is 10.7 Å². The first-order chi connectivity index (χ1) is 6.18. The van der Waals surface area contributed by atoms with Crippen molar-refractivity contribution in [1.29, 1.82) is 0 Å². The average molecular weight is 195 g/mol. The van der Waals surface area contributed by atoms with Crippen LogP contribution in [0.1, 0.15) is 0 Å². The van der Waals surface area contributed by atoms with Crippen molar-refractivity contribution in [3.8, 4) is 0 Å². The van der Waals surface area contributed by atoms with E-state index in [1.54, 1.807) is 0 Å². The molecule has 3 heteroatoms. The molecule has 68 valence electrons. The molecule has 13 heavy (non-hydrogen) atoms. The van der Waals surface area contributed by atoms with Crippen molar-refractivity contribution < 1.29 is 0 Å².